The summed E-state index contributed by atoms with van der Waals surface area (Å²) in [5, 5.41) is 3.46. The largest absolute Gasteiger partial charge is 0.465 e. The molecule has 0 saturated heterocycles. The average Bonchev–Trinajstić information content (AvgIpc) is 2.42. The first-order valence-corrected chi connectivity index (χ1v) is 6.87. The van der Waals surface area contributed by atoms with Gasteiger partial charge in [-0.15, -0.1) is 0 Å². The molecule has 0 spiro atoms. The smallest absolute Gasteiger partial charge is 0.340 e. The molecule has 0 heterocycles. The number of para-hydroxylation sites is 1. The summed E-state index contributed by atoms with van der Waals surface area (Å²) in [5.41, 5.74) is 7.83. The number of carbonyl (C=O) groups excluding carboxylic acids is 1. The van der Waals surface area contributed by atoms with Crippen molar-refractivity contribution in [3.63, 3.8) is 0 Å². The number of hydrogen-bond donors (Lipinski definition) is 2. The third-order valence-corrected chi connectivity index (χ3v) is 3.94. The molecular weight excluding hydrogens is 240 g/mol. The molecule has 4 heteroatoms. The first-order chi connectivity index (χ1) is 9.13. The molecule has 4 nitrogen and oxygen atoms in total. The lowest BCUT2D eigenvalue weighted by molar-refractivity contribution is 0.0601. The summed E-state index contributed by atoms with van der Waals surface area (Å²) in [6.45, 7) is 2.24. The number of anilines is 2. The molecule has 1 aromatic rings. The van der Waals surface area contributed by atoms with Crippen molar-refractivity contribution in [2.45, 2.75) is 38.6 Å². The lowest BCUT2D eigenvalue weighted by atomic mass is 9.85. The molecule has 2 rings (SSSR count). The quantitative estimate of drug-likeness (QED) is 0.649. The lowest BCUT2D eigenvalue weighted by Crippen LogP contribution is -2.31. The molecule has 2 atom stereocenters. The normalized spacial score (nSPS) is 22.8. The molecule has 104 valence electrons. The number of methoxy groups -OCH3 is 1. The molecule has 1 saturated carbocycles. The number of hydrogen-bond acceptors (Lipinski definition) is 4. The molecule has 19 heavy (non-hydrogen) atoms. The molecule has 1 aliphatic rings. The summed E-state index contributed by atoms with van der Waals surface area (Å²) in [7, 11) is 1.39. The minimum atomic E-state index is -0.349. The van der Waals surface area contributed by atoms with Gasteiger partial charge in [-0.25, -0.2) is 4.79 Å². The zero-order chi connectivity index (χ0) is 13.8. The van der Waals surface area contributed by atoms with E-state index < -0.39 is 0 Å². The van der Waals surface area contributed by atoms with Crippen LogP contribution in [0, 0.1) is 5.92 Å². The summed E-state index contributed by atoms with van der Waals surface area (Å²) in [5.74, 6) is 0.247. The predicted molar refractivity (Wildman–Crippen MR) is 77.2 cm³/mol. The Balaban J connectivity index is 2.25. The zero-order valence-corrected chi connectivity index (χ0v) is 11.6. The zero-order valence-electron chi connectivity index (χ0n) is 11.6. The van der Waals surface area contributed by atoms with Crippen LogP contribution in [-0.4, -0.2) is 19.1 Å². The van der Waals surface area contributed by atoms with Gasteiger partial charge in [-0.2, -0.15) is 0 Å². The first kappa shape index (κ1) is 13.7. The minimum absolute atomic E-state index is 0.349. The van der Waals surface area contributed by atoms with Crippen LogP contribution < -0.4 is 11.1 Å². The SMILES string of the molecule is COC(=O)c1cccc(N)c1NC1CCCCC1C. The highest BCUT2D eigenvalue weighted by Crippen LogP contribution is 2.31. The third kappa shape index (κ3) is 3.00. The first-order valence-electron chi connectivity index (χ1n) is 6.87. The number of carbonyl (C=O) groups is 1. The Bertz CT molecular complexity index is 459. The number of rotatable bonds is 3. The Kier molecular flexibility index (Phi) is 4.30. The summed E-state index contributed by atoms with van der Waals surface area (Å²) in [4.78, 5) is 11.8. The van der Waals surface area contributed by atoms with Gasteiger partial charge in [-0.3, -0.25) is 0 Å². The standard InChI is InChI=1S/C15H22N2O2/c1-10-6-3-4-9-13(10)17-14-11(15(18)19-2)7-5-8-12(14)16/h5,7-8,10,13,17H,3-4,6,9,16H2,1-2H3. The Hall–Kier alpha value is -1.71. The van der Waals surface area contributed by atoms with E-state index in [9.17, 15) is 4.79 Å². The Labute approximate surface area is 114 Å². The summed E-state index contributed by atoms with van der Waals surface area (Å²) in [6, 6.07) is 5.71. The van der Waals surface area contributed by atoms with Gasteiger partial charge in [0.15, 0.2) is 0 Å². The van der Waals surface area contributed by atoms with Crippen molar-refractivity contribution in [1.29, 1.82) is 0 Å². The number of esters is 1. The number of nitrogens with two attached hydrogens (primary N) is 1. The number of nitrogen functional groups attached to an aromatic ring is 1. The van der Waals surface area contributed by atoms with E-state index in [1.165, 1.54) is 26.4 Å². The second-order valence-electron chi connectivity index (χ2n) is 5.27. The van der Waals surface area contributed by atoms with Gasteiger partial charge in [0.1, 0.15) is 0 Å². The molecule has 3 N–H and O–H groups in total. The molecule has 1 aliphatic carbocycles. The van der Waals surface area contributed by atoms with Gasteiger partial charge in [-0.1, -0.05) is 25.8 Å². The number of benzene rings is 1. The van der Waals surface area contributed by atoms with Crippen LogP contribution in [0.1, 0.15) is 43.0 Å². The second-order valence-corrected chi connectivity index (χ2v) is 5.27. The molecule has 0 radical (unpaired) electrons. The van der Waals surface area contributed by atoms with Crippen LogP contribution in [0.25, 0.3) is 0 Å². The van der Waals surface area contributed by atoms with Gasteiger partial charge in [0.25, 0.3) is 0 Å². The highest BCUT2D eigenvalue weighted by molar-refractivity contribution is 5.98. The van der Waals surface area contributed by atoms with Crippen molar-refractivity contribution in [1.82, 2.24) is 0 Å². The fraction of sp³-hybridized carbons (Fsp3) is 0.533. The molecular formula is C15H22N2O2. The highest BCUT2D eigenvalue weighted by Gasteiger charge is 2.24. The van der Waals surface area contributed by atoms with Crippen molar-refractivity contribution in [3.8, 4) is 0 Å². The Morgan fingerprint density at radius 3 is 2.79 bits per heavy atom. The van der Waals surface area contributed by atoms with E-state index in [1.54, 1.807) is 12.1 Å². The van der Waals surface area contributed by atoms with E-state index in [2.05, 4.69) is 12.2 Å². The van der Waals surface area contributed by atoms with E-state index in [0.29, 0.717) is 28.9 Å². The summed E-state index contributed by atoms with van der Waals surface area (Å²) in [6.07, 6.45) is 4.85. The molecule has 0 amide bonds. The second kappa shape index (κ2) is 5.95. The van der Waals surface area contributed by atoms with Crippen LogP contribution in [0.2, 0.25) is 0 Å². The van der Waals surface area contributed by atoms with Crippen LogP contribution in [0.3, 0.4) is 0 Å². The minimum Gasteiger partial charge on any atom is -0.465 e. The van der Waals surface area contributed by atoms with Crippen molar-refractivity contribution < 1.29 is 9.53 Å². The number of nitrogens with one attached hydrogen (secondary N) is 1. The molecule has 0 aromatic heterocycles. The van der Waals surface area contributed by atoms with Crippen LogP contribution in [0.5, 0.6) is 0 Å². The van der Waals surface area contributed by atoms with Gasteiger partial charge in [-0.05, 0) is 30.9 Å². The van der Waals surface area contributed by atoms with Crippen molar-refractivity contribution >= 4 is 17.3 Å². The van der Waals surface area contributed by atoms with E-state index in [4.69, 9.17) is 10.5 Å². The van der Waals surface area contributed by atoms with Crippen LogP contribution in [0.4, 0.5) is 11.4 Å². The van der Waals surface area contributed by atoms with Crippen LogP contribution in [0.15, 0.2) is 18.2 Å². The van der Waals surface area contributed by atoms with Crippen LogP contribution >= 0.6 is 0 Å². The highest BCUT2D eigenvalue weighted by atomic mass is 16.5. The molecule has 0 aliphatic heterocycles. The van der Waals surface area contributed by atoms with E-state index in [0.717, 1.165) is 6.42 Å². The van der Waals surface area contributed by atoms with Gasteiger partial charge in [0, 0.05) is 6.04 Å². The molecule has 2 unspecified atom stereocenters. The monoisotopic (exact) mass is 262 g/mol. The number of ether oxygens (including phenoxy) is 1. The predicted octanol–water partition coefficient (Wildman–Crippen LogP) is 3.05. The van der Waals surface area contributed by atoms with E-state index in [1.807, 2.05) is 6.07 Å². The fourth-order valence-corrected chi connectivity index (χ4v) is 2.73. The van der Waals surface area contributed by atoms with Gasteiger partial charge < -0.3 is 15.8 Å². The molecule has 1 fully saturated rings. The van der Waals surface area contributed by atoms with Gasteiger partial charge in [0.2, 0.25) is 0 Å². The maximum absolute atomic E-state index is 11.8. The van der Waals surface area contributed by atoms with Gasteiger partial charge >= 0.3 is 5.97 Å². The van der Waals surface area contributed by atoms with Crippen LogP contribution in [-0.2, 0) is 4.74 Å². The molecule has 0 bridgehead atoms. The maximum Gasteiger partial charge on any atom is 0.340 e. The average molecular weight is 262 g/mol. The Morgan fingerprint density at radius 2 is 2.11 bits per heavy atom. The van der Waals surface area contributed by atoms with Crippen molar-refractivity contribution in [2.75, 3.05) is 18.2 Å². The Morgan fingerprint density at radius 1 is 1.37 bits per heavy atom. The van der Waals surface area contributed by atoms with E-state index >= 15 is 0 Å². The van der Waals surface area contributed by atoms with Crippen molar-refractivity contribution in [3.05, 3.63) is 23.8 Å². The third-order valence-electron chi connectivity index (χ3n) is 3.94. The maximum atomic E-state index is 11.8. The molecule has 1 aromatic carbocycles. The van der Waals surface area contributed by atoms with Crippen molar-refractivity contribution in [2.24, 2.45) is 5.92 Å². The summed E-state index contributed by atoms with van der Waals surface area (Å²) >= 11 is 0. The summed E-state index contributed by atoms with van der Waals surface area (Å²) < 4.78 is 4.81. The van der Waals surface area contributed by atoms with E-state index in [-0.39, 0.29) is 5.97 Å². The fourth-order valence-electron chi connectivity index (χ4n) is 2.73. The lowest BCUT2D eigenvalue weighted by Gasteiger charge is -2.31. The topological polar surface area (TPSA) is 64.3 Å². The van der Waals surface area contributed by atoms with Gasteiger partial charge in [0.05, 0.1) is 24.0 Å².